The Balaban J connectivity index is 2.39. The summed E-state index contributed by atoms with van der Waals surface area (Å²) < 4.78 is 24.8. The zero-order chi connectivity index (χ0) is 17.7. The van der Waals surface area contributed by atoms with E-state index in [1.807, 2.05) is 38.1 Å². The van der Waals surface area contributed by atoms with Gasteiger partial charge in [-0.25, -0.2) is 8.42 Å². The molecular formula is C19H23NO3S. The molecule has 0 saturated carbocycles. The molecule has 0 bridgehead atoms. The van der Waals surface area contributed by atoms with Gasteiger partial charge in [-0.15, -0.1) is 0 Å². The normalized spacial score (nSPS) is 11.5. The van der Waals surface area contributed by atoms with Crippen LogP contribution >= 0.6 is 0 Å². The minimum Gasteiger partial charge on any atom is -0.322 e. The quantitative estimate of drug-likeness (QED) is 0.851. The Morgan fingerprint density at radius 1 is 1.04 bits per heavy atom. The van der Waals surface area contributed by atoms with Gasteiger partial charge >= 0.3 is 0 Å². The van der Waals surface area contributed by atoms with Gasteiger partial charge in [0, 0.05) is 5.69 Å². The van der Waals surface area contributed by atoms with Crippen molar-refractivity contribution in [1.82, 2.24) is 0 Å². The Bertz CT molecular complexity index is 826. The molecule has 1 amide bonds. The number of nitrogens with one attached hydrogen (secondary N) is 1. The first-order chi connectivity index (χ1) is 11.4. The van der Waals surface area contributed by atoms with Gasteiger partial charge in [0.05, 0.1) is 16.2 Å². The number of benzene rings is 2. The lowest BCUT2D eigenvalue weighted by Gasteiger charge is -2.15. The van der Waals surface area contributed by atoms with Crippen molar-refractivity contribution < 1.29 is 13.2 Å². The first-order valence-electron chi connectivity index (χ1n) is 8.09. The number of sulfone groups is 1. The van der Waals surface area contributed by atoms with Crippen LogP contribution in [-0.4, -0.2) is 20.1 Å². The van der Waals surface area contributed by atoms with Gasteiger partial charge in [0.2, 0.25) is 0 Å². The minimum atomic E-state index is -3.47. The van der Waals surface area contributed by atoms with E-state index in [-0.39, 0.29) is 22.1 Å². The number of rotatable bonds is 6. The smallest absolute Gasteiger partial charge is 0.256 e. The van der Waals surface area contributed by atoms with E-state index in [0.29, 0.717) is 12.1 Å². The standard InChI is InChI=1S/C19H23NO3S/c1-4-13-24(22,23)18-12-8-6-10-16(18)19(21)20-17-11-7-5-9-15(17)14(2)3/h5-12,14H,4,13H2,1-3H3,(H,20,21). The summed E-state index contributed by atoms with van der Waals surface area (Å²) in [7, 11) is -3.47. The van der Waals surface area contributed by atoms with Gasteiger partial charge in [-0.2, -0.15) is 0 Å². The lowest BCUT2D eigenvalue weighted by atomic mass is 10.0. The van der Waals surface area contributed by atoms with Crippen LogP contribution in [0.3, 0.4) is 0 Å². The maximum atomic E-state index is 12.7. The Kier molecular flexibility index (Phi) is 5.78. The molecule has 0 spiro atoms. The topological polar surface area (TPSA) is 63.2 Å². The van der Waals surface area contributed by atoms with Crippen LogP contribution in [0.15, 0.2) is 53.4 Å². The predicted molar refractivity (Wildman–Crippen MR) is 97.3 cm³/mol. The van der Waals surface area contributed by atoms with E-state index in [2.05, 4.69) is 5.32 Å². The van der Waals surface area contributed by atoms with Crippen LogP contribution in [0, 0.1) is 0 Å². The third-order valence-corrected chi connectivity index (χ3v) is 5.74. The highest BCUT2D eigenvalue weighted by Crippen LogP contribution is 2.25. The molecule has 2 rings (SSSR count). The largest absolute Gasteiger partial charge is 0.322 e. The molecule has 2 aromatic carbocycles. The highest BCUT2D eigenvalue weighted by Gasteiger charge is 2.22. The molecule has 5 heteroatoms. The van der Waals surface area contributed by atoms with Crippen molar-refractivity contribution in [3.05, 3.63) is 59.7 Å². The average Bonchev–Trinajstić information content (AvgIpc) is 2.55. The van der Waals surface area contributed by atoms with Crippen LogP contribution in [0.4, 0.5) is 5.69 Å². The molecule has 128 valence electrons. The molecule has 2 aromatic rings. The van der Waals surface area contributed by atoms with E-state index in [0.717, 1.165) is 5.56 Å². The maximum Gasteiger partial charge on any atom is 0.256 e. The Labute approximate surface area is 143 Å². The fraction of sp³-hybridized carbons (Fsp3) is 0.316. The molecular weight excluding hydrogens is 322 g/mol. The molecule has 0 atom stereocenters. The van der Waals surface area contributed by atoms with E-state index in [1.54, 1.807) is 25.1 Å². The van der Waals surface area contributed by atoms with Crippen molar-refractivity contribution >= 4 is 21.4 Å². The number of hydrogen-bond acceptors (Lipinski definition) is 3. The van der Waals surface area contributed by atoms with Gasteiger partial charge in [0.25, 0.3) is 5.91 Å². The highest BCUT2D eigenvalue weighted by molar-refractivity contribution is 7.91. The second kappa shape index (κ2) is 7.62. The van der Waals surface area contributed by atoms with Gasteiger partial charge in [-0.05, 0) is 36.1 Å². The van der Waals surface area contributed by atoms with E-state index in [4.69, 9.17) is 0 Å². The lowest BCUT2D eigenvalue weighted by Crippen LogP contribution is -2.18. The zero-order valence-corrected chi connectivity index (χ0v) is 15.1. The van der Waals surface area contributed by atoms with E-state index >= 15 is 0 Å². The van der Waals surface area contributed by atoms with Crippen LogP contribution in [0.2, 0.25) is 0 Å². The number of carbonyl (C=O) groups is 1. The molecule has 0 saturated heterocycles. The number of carbonyl (C=O) groups excluding carboxylic acids is 1. The molecule has 1 N–H and O–H groups in total. The van der Waals surface area contributed by atoms with Crippen molar-refractivity contribution in [2.45, 2.75) is 38.0 Å². The summed E-state index contributed by atoms with van der Waals surface area (Å²) in [6.45, 7) is 5.90. The summed E-state index contributed by atoms with van der Waals surface area (Å²) in [5.41, 5.74) is 1.91. The van der Waals surface area contributed by atoms with E-state index in [9.17, 15) is 13.2 Å². The fourth-order valence-electron chi connectivity index (χ4n) is 2.61. The summed E-state index contributed by atoms with van der Waals surface area (Å²) in [5, 5.41) is 2.86. The lowest BCUT2D eigenvalue weighted by molar-refractivity contribution is 0.102. The first kappa shape index (κ1) is 18.2. The average molecular weight is 345 g/mol. The van der Waals surface area contributed by atoms with E-state index in [1.165, 1.54) is 6.07 Å². The molecule has 0 heterocycles. The second-order valence-electron chi connectivity index (χ2n) is 6.01. The summed E-state index contributed by atoms with van der Waals surface area (Å²) in [4.78, 5) is 12.8. The summed E-state index contributed by atoms with van der Waals surface area (Å²) >= 11 is 0. The fourth-order valence-corrected chi connectivity index (χ4v) is 4.15. The number of para-hydroxylation sites is 1. The third kappa shape index (κ3) is 4.03. The number of anilines is 1. The molecule has 0 unspecified atom stereocenters. The predicted octanol–water partition coefficient (Wildman–Crippen LogP) is 4.25. The first-order valence-corrected chi connectivity index (χ1v) is 9.74. The monoisotopic (exact) mass is 345 g/mol. The summed E-state index contributed by atoms with van der Waals surface area (Å²) in [6.07, 6.45) is 0.508. The van der Waals surface area contributed by atoms with Gasteiger partial charge in [-0.3, -0.25) is 4.79 Å². The number of amides is 1. The molecule has 4 nitrogen and oxygen atoms in total. The molecule has 0 fully saturated rings. The van der Waals surface area contributed by atoms with Crippen molar-refractivity contribution in [2.24, 2.45) is 0 Å². The van der Waals surface area contributed by atoms with Crippen LogP contribution in [0.1, 0.15) is 49.0 Å². The van der Waals surface area contributed by atoms with Crippen LogP contribution in [-0.2, 0) is 9.84 Å². The number of hydrogen-bond donors (Lipinski definition) is 1. The van der Waals surface area contributed by atoms with Gasteiger partial charge in [0.15, 0.2) is 9.84 Å². The van der Waals surface area contributed by atoms with Crippen LogP contribution < -0.4 is 5.32 Å². The molecule has 0 radical (unpaired) electrons. The third-order valence-electron chi connectivity index (χ3n) is 3.77. The van der Waals surface area contributed by atoms with Gasteiger partial charge < -0.3 is 5.32 Å². The zero-order valence-electron chi connectivity index (χ0n) is 14.2. The Morgan fingerprint density at radius 2 is 1.67 bits per heavy atom. The maximum absolute atomic E-state index is 12.7. The van der Waals surface area contributed by atoms with Crippen molar-refractivity contribution in [1.29, 1.82) is 0 Å². The summed E-state index contributed by atoms with van der Waals surface area (Å²) in [6, 6.07) is 13.9. The molecule has 0 aliphatic heterocycles. The highest BCUT2D eigenvalue weighted by atomic mass is 32.2. The van der Waals surface area contributed by atoms with Gasteiger partial charge in [-0.1, -0.05) is 51.1 Å². The SMILES string of the molecule is CCCS(=O)(=O)c1ccccc1C(=O)Nc1ccccc1C(C)C. The summed E-state index contributed by atoms with van der Waals surface area (Å²) in [5.74, 6) is -0.126. The molecule has 0 aliphatic rings. The Morgan fingerprint density at radius 3 is 2.33 bits per heavy atom. The van der Waals surface area contributed by atoms with Crippen LogP contribution in [0.5, 0.6) is 0 Å². The molecule has 24 heavy (non-hydrogen) atoms. The Hall–Kier alpha value is -2.14. The van der Waals surface area contributed by atoms with Gasteiger partial charge in [0.1, 0.15) is 0 Å². The molecule has 0 aromatic heterocycles. The van der Waals surface area contributed by atoms with E-state index < -0.39 is 15.7 Å². The van der Waals surface area contributed by atoms with Crippen molar-refractivity contribution in [3.63, 3.8) is 0 Å². The van der Waals surface area contributed by atoms with Crippen molar-refractivity contribution in [3.8, 4) is 0 Å². The van der Waals surface area contributed by atoms with Crippen LogP contribution in [0.25, 0.3) is 0 Å². The minimum absolute atomic E-state index is 0.0277. The molecule has 0 aliphatic carbocycles. The second-order valence-corrected chi connectivity index (χ2v) is 8.09. The van der Waals surface area contributed by atoms with Crippen molar-refractivity contribution in [2.75, 3.05) is 11.1 Å².